The quantitative estimate of drug-likeness (QED) is 0.406. The Balaban J connectivity index is 3.14. The van der Waals surface area contributed by atoms with Gasteiger partial charge in [-0.1, -0.05) is 11.6 Å². The van der Waals surface area contributed by atoms with E-state index in [-0.39, 0.29) is 0 Å². The van der Waals surface area contributed by atoms with Gasteiger partial charge in [0.15, 0.2) is 0 Å². The minimum atomic E-state index is 1.13. The van der Waals surface area contributed by atoms with E-state index in [0.29, 0.717) is 0 Å². The Labute approximate surface area is 33.5 Å². The number of allylic oxidation sites excluding steroid dienone is 2. The highest BCUT2D eigenvalue weighted by Crippen LogP contribution is 1.81. The van der Waals surface area contributed by atoms with Crippen LogP contribution >= 0.6 is 0 Å². The molecule has 0 nitrogen and oxygen atoms in total. The summed E-state index contributed by atoms with van der Waals surface area (Å²) in [6.07, 6.45) is 1.97. The Bertz CT molecular complexity index is 38.0. The van der Waals surface area contributed by atoms with E-state index in [2.05, 4.69) is 6.92 Å². The molecule has 0 aliphatic carbocycles. The molecule has 1 radical (unpaired) electrons. The molecule has 0 N–H and O–H groups in total. The molecule has 0 aromatic heterocycles. The van der Waals surface area contributed by atoms with Gasteiger partial charge in [-0.25, -0.2) is 0 Å². The zero-order chi connectivity index (χ0) is 4.28. The summed E-state index contributed by atoms with van der Waals surface area (Å²) >= 11 is 0. The first-order valence-corrected chi connectivity index (χ1v) is 1.72. The third-order valence-corrected chi connectivity index (χ3v) is 0.493. The van der Waals surface area contributed by atoms with E-state index in [0.717, 1.165) is 5.57 Å². The van der Waals surface area contributed by atoms with Gasteiger partial charge < -0.3 is 0 Å². The number of rotatable bonds is 0. The van der Waals surface area contributed by atoms with Gasteiger partial charge in [0.1, 0.15) is 0 Å². The monoisotopic (exact) mass is 69.1 g/mol. The van der Waals surface area contributed by atoms with Crippen molar-refractivity contribution in [3.8, 4) is 0 Å². The van der Waals surface area contributed by atoms with Crippen LogP contribution in [0.3, 0.4) is 0 Å². The van der Waals surface area contributed by atoms with Crippen LogP contribution in [-0.2, 0) is 0 Å². The van der Waals surface area contributed by atoms with Crippen LogP contribution < -0.4 is 0 Å². The van der Waals surface area contributed by atoms with E-state index < -0.39 is 0 Å². The van der Waals surface area contributed by atoms with Crippen LogP contribution in [0.4, 0.5) is 0 Å². The average molecular weight is 69.1 g/mol. The molecule has 0 heteroatoms. The third-order valence-electron chi connectivity index (χ3n) is 0.493. The molecule has 0 saturated heterocycles. The molecule has 0 bridgehead atoms. The van der Waals surface area contributed by atoms with Gasteiger partial charge in [-0.05, 0) is 20.8 Å². The molecule has 0 atom stereocenters. The Morgan fingerprint density at radius 2 is 2.00 bits per heavy atom. The van der Waals surface area contributed by atoms with E-state index in [1.165, 1.54) is 0 Å². The van der Waals surface area contributed by atoms with Crippen molar-refractivity contribution in [3.63, 3.8) is 0 Å². The van der Waals surface area contributed by atoms with Crippen molar-refractivity contribution in [1.29, 1.82) is 0 Å². The topological polar surface area (TPSA) is 0 Å². The second-order valence-corrected chi connectivity index (χ2v) is 1.14. The van der Waals surface area contributed by atoms with Crippen LogP contribution in [0.5, 0.6) is 0 Å². The third kappa shape index (κ3) is 3.74. The van der Waals surface area contributed by atoms with Crippen molar-refractivity contribution in [1.82, 2.24) is 0 Å². The molecule has 0 aliphatic rings. The lowest BCUT2D eigenvalue weighted by Gasteiger charge is -1.73. The van der Waals surface area contributed by atoms with Crippen LogP contribution in [-0.4, -0.2) is 0 Å². The summed E-state index contributed by atoms with van der Waals surface area (Å²) in [5, 5.41) is 0. The lowest BCUT2D eigenvalue weighted by Crippen LogP contribution is -1.53. The van der Waals surface area contributed by atoms with Crippen molar-refractivity contribution in [2.24, 2.45) is 0 Å². The maximum absolute atomic E-state index is 3.62. The van der Waals surface area contributed by atoms with E-state index in [1.807, 2.05) is 19.9 Å². The molecule has 0 aliphatic heterocycles. The molecular formula is C5H9. The largest absolute Gasteiger partial charge is 0.0887 e. The second-order valence-electron chi connectivity index (χ2n) is 1.14. The summed E-state index contributed by atoms with van der Waals surface area (Å²) in [6, 6.07) is 0. The maximum atomic E-state index is 3.62. The zero-order valence-electron chi connectivity index (χ0n) is 3.78. The van der Waals surface area contributed by atoms with Gasteiger partial charge in [-0.15, -0.1) is 0 Å². The Morgan fingerprint density at radius 1 is 1.80 bits per heavy atom. The van der Waals surface area contributed by atoms with Gasteiger partial charge >= 0.3 is 0 Å². The highest BCUT2D eigenvalue weighted by Gasteiger charge is 1.60. The SMILES string of the molecule is [CH2]/C(C)=C/C. The maximum Gasteiger partial charge on any atom is -0.0286 e. The van der Waals surface area contributed by atoms with Crippen molar-refractivity contribution in [2.45, 2.75) is 13.8 Å². The summed E-state index contributed by atoms with van der Waals surface area (Å²) < 4.78 is 0. The first-order chi connectivity index (χ1) is 2.27. The predicted molar refractivity (Wildman–Crippen MR) is 24.8 cm³/mol. The van der Waals surface area contributed by atoms with Crippen molar-refractivity contribution in [3.05, 3.63) is 18.6 Å². The van der Waals surface area contributed by atoms with Crippen molar-refractivity contribution >= 4 is 0 Å². The van der Waals surface area contributed by atoms with E-state index in [1.54, 1.807) is 0 Å². The molecule has 0 aromatic rings. The molecule has 0 amide bonds. The van der Waals surface area contributed by atoms with E-state index in [4.69, 9.17) is 0 Å². The highest BCUT2D eigenvalue weighted by atomic mass is 13.7. The fourth-order valence-corrected chi connectivity index (χ4v) is 0. The molecule has 0 saturated carbocycles. The molecule has 0 spiro atoms. The Kier molecular flexibility index (Phi) is 1.90. The molecule has 5 heavy (non-hydrogen) atoms. The standard InChI is InChI=1S/C5H9/c1-4-5(2)3/h4H,2H2,1,3H3/b5-4-. The van der Waals surface area contributed by atoms with E-state index in [9.17, 15) is 0 Å². The summed E-state index contributed by atoms with van der Waals surface area (Å²) in [5.41, 5.74) is 1.13. The number of hydrogen-bond donors (Lipinski definition) is 0. The Morgan fingerprint density at radius 3 is 2.00 bits per heavy atom. The van der Waals surface area contributed by atoms with Crippen LogP contribution in [0.15, 0.2) is 11.6 Å². The zero-order valence-corrected chi connectivity index (χ0v) is 3.78. The first kappa shape index (κ1) is 4.74. The van der Waals surface area contributed by atoms with E-state index >= 15 is 0 Å². The van der Waals surface area contributed by atoms with Gasteiger partial charge in [0.2, 0.25) is 0 Å². The smallest absolute Gasteiger partial charge is 0.0286 e. The molecule has 0 heterocycles. The van der Waals surface area contributed by atoms with Gasteiger partial charge in [-0.2, -0.15) is 0 Å². The van der Waals surface area contributed by atoms with Gasteiger partial charge in [0.25, 0.3) is 0 Å². The van der Waals surface area contributed by atoms with Crippen LogP contribution in [0.25, 0.3) is 0 Å². The summed E-state index contributed by atoms with van der Waals surface area (Å²) in [5.74, 6) is 0. The van der Waals surface area contributed by atoms with Crippen molar-refractivity contribution in [2.75, 3.05) is 0 Å². The normalized spacial score (nSPS) is 12.2. The molecular weight excluding hydrogens is 60.1 g/mol. The first-order valence-electron chi connectivity index (χ1n) is 1.72. The van der Waals surface area contributed by atoms with Crippen LogP contribution in [0.2, 0.25) is 0 Å². The highest BCUT2D eigenvalue weighted by molar-refractivity contribution is 4.97. The molecule has 29 valence electrons. The second kappa shape index (κ2) is 2.01. The molecule has 0 rings (SSSR count). The number of hydrogen-bond acceptors (Lipinski definition) is 0. The van der Waals surface area contributed by atoms with Gasteiger partial charge in [0.05, 0.1) is 0 Å². The van der Waals surface area contributed by atoms with Crippen LogP contribution in [0, 0.1) is 6.92 Å². The summed E-state index contributed by atoms with van der Waals surface area (Å²) in [4.78, 5) is 0. The predicted octanol–water partition coefficient (Wildman–Crippen LogP) is 1.79. The lowest BCUT2D eigenvalue weighted by atomic mass is 10.3. The van der Waals surface area contributed by atoms with Gasteiger partial charge in [0, 0.05) is 0 Å². The fraction of sp³-hybridized carbons (Fsp3) is 0.400. The molecule has 0 fully saturated rings. The Hall–Kier alpha value is -0.260. The molecule has 0 unspecified atom stereocenters. The summed E-state index contributed by atoms with van der Waals surface area (Å²) in [7, 11) is 0. The minimum absolute atomic E-state index is 1.13. The molecule has 0 aromatic carbocycles. The summed E-state index contributed by atoms with van der Waals surface area (Å²) in [6.45, 7) is 7.56. The lowest BCUT2D eigenvalue weighted by molar-refractivity contribution is 1.49. The average Bonchev–Trinajstić information content (AvgIpc) is 1.38. The fourth-order valence-electron chi connectivity index (χ4n) is 0. The minimum Gasteiger partial charge on any atom is -0.0887 e. The van der Waals surface area contributed by atoms with Crippen LogP contribution in [0.1, 0.15) is 13.8 Å². The van der Waals surface area contributed by atoms with Gasteiger partial charge in [-0.3, -0.25) is 0 Å². The van der Waals surface area contributed by atoms with Crippen molar-refractivity contribution < 1.29 is 0 Å².